The summed E-state index contributed by atoms with van der Waals surface area (Å²) in [5.41, 5.74) is 3.96. The molecule has 1 atom stereocenters. The van der Waals surface area contributed by atoms with Gasteiger partial charge in [0.15, 0.2) is 0 Å². The monoisotopic (exact) mass is 271 g/mol. The van der Waals surface area contributed by atoms with Crippen LogP contribution in [0.3, 0.4) is 0 Å². The lowest BCUT2D eigenvalue weighted by Crippen LogP contribution is -2.24. The molecule has 0 spiro atoms. The van der Waals surface area contributed by atoms with E-state index in [4.69, 9.17) is 4.42 Å². The predicted molar refractivity (Wildman–Crippen MR) is 84.1 cm³/mol. The van der Waals surface area contributed by atoms with Crippen molar-refractivity contribution in [1.29, 1.82) is 0 Å². The molecule has 0 amide bonds. The van der Waals surface area contributed by atoms with Crippen LogP contribution in [0.1, 0.15) is 47.6 Å². The van der Waals surface area contributed by atoms with Gasteiger partial charge in [0.25, 0.3) is 0 Å². The molecule has 20 heavy (non-hydrogen) atoms. The Balaban J connectivity index is 2.19. The van der Waals surface area contributed by atoms with Crippen molar-refractivity contribution in [2.75, 3.05) is 6.54 Å². The van der Waals surface area contributed by atoms with E-state index in [1.807, 2.05) is 6.92 Å². The number of hydrogen-bond donors (Lipinski definition) is 1. The van der Waals surface area contributed by atoms with Crippen molar-refractivity contribution in [3.05, 3.63) is 58.5 Å². The van der Waals surface area contributed by atoms with Crippen LogP contribution in [-0.2, 0) is 6.42 Å². The Morgan fingerprint density at radius 1 is 1.10 bits per heavy atom. The van der Waals surface area contributed by atoms with Gasteiger partial charge < -0.3 is 9.73 Å². The number of nitrogens with one attached hydrogen (secondary N) is 1. The predicted octanol–water partition coefficient (Wildman–Crippen LogP) is 4.49. The van der Waals surface area contributed by atoms with Crippen LogP contribution in [0.2, 0.25) is 0 Å². The molecule has 0 fully saturated rings. The Labute approximate surface area is 122 Å². The lowest BCUT2D eigenvalue weighted by Gasteiger charge is -2.18. The van der Waals surface area contributed by atoms with Crippen LogP contribution in [-0.4, -0.2) is 6.54 Å². The third-order valence-electron chi connectivity index (χ3n) is 3.66. The van der Waals surface area contributed by atoms with Crippen LogP contribution in [0.25, 0.3) is 0 Å². The number of hydrogen-bond acceptors (Lipinski definition) is 2. The van der Waals surface area contributed by atoms with Gasteiger partial charge >= 0.3 is 0 Å². The van der Waals surface area contributed by atoms with E-state index in [1.54, 1.807) is 0 Å². The molecule has 1 unspecified atom stereocenters. The van der Waals surface area contributed by atoms with Gasteiger partial charge in [-0.3, -0.25) is 0 Å². The second-order valence-corrected chi connectivity index (χ2v) is 5.57. The third kappa shape index (κ3) is 3.73. The highest BCUT2D eigenvalue weighted by Gasteiger charge is 2.17. The van der Waals surface area contributed by atoms with Gasteiger partial charge in [0.2, 0.25) is 0 Å². The van der Waals surface area contributed by atoms with E-state index in [1.165, 1.54) is 16.7 Å². The zero-order chi connectivity index (χ0) is 14.5. The molecule has 2 nitrogen and oxygen atoms in total. The maximum absolute atomic E-state index is 5.69. The van der Waals surface area contributed by atoms with Gasteiger partial charge in [-0.15, -0.1) is 0 Å². The summed E-state index contributed by atoms with van der Waals surface area (Å²) in [4.78, 5) is 0. The molecule has 0 aliphatic carbocycles. The molecular weight excluding hydrogens is 246 g/mol. The molecule has 0 saturated heterocycles. The minimum atomic E-state index is 0.329. The van der Waals surface area contributed by atoms with Gasteiger partial charge in [-0.05, 0) is 51.8 Å². The van der Waals surface area contributed by atoms with Crippen LogP contribution < -0.4 is 5.32 Å². The highest BCUT2D eigenvalue weighted by atomic mass is 16.3. The van der Waals surface area contributed by atoms with E-state index in [-0.39, 0.29) is 0 Å². The minimum Gasteiger partial charge on any atom is -0.466 e. The van der Waals surface area contributed by atoms with Gasteiger partial charge in [0.1, 0.15) is 11.5 Å². The second-order valence-electron chi connectivity index (χ2n) is 5.57. The molecule has 0 aliphatic rings. The normalized spacial score (nSPS) is 12.6. The van der Waals surface area contributed by atoms with Crippen molar-refractivity contribution in [2.24, 2.45) is 0 Å². The van der Waals surface area contributed by atoms with E-state index < -0.39 is 0 Å². The largest absolute Gasteiger partial charge is 0.466 e. The Morgan fingerprint density at radius 2 is 1.80 bits per heavy atom. The first kappa shape index (κ1) is 14.9. The van der Waals surface area contributed by atoms with Crippen LogP contribution >= 0.6 is 0 Å². The van der Waals surface area contributed by atoms with E-state index >= 15 is 0 Å². The molecule has 1 heterocycles. The Bertz CT molecular complexity index is 539. The smallest absolute Gasteiger partial charge is 0.105 e. The standard InChI is InChI=1S/C18H25NO/c1-5-10-19-18(17-11-14(3)20-15(17)4)12-16-8-6-13(2)7-9-16/h6-9,11,18-19H,5,10,12H2,1-4H3. The van der Waals surface area contributed by atoms with Crippen molar-refractivity contribution in [2.45, 2.75) is 46.6 Å². The minimum absolute atomic E-state index is 0.329. The third-order valence-corrected chi connectivity index (χ3v) is 3.66. The number of furan rings is 1. The summed E-state index contributed by atoms with van der Waals surface area (Å²) in [6, 6.07) is 11.3. The molecule has 1 aromatic carbocycles. The summed E-state index contributed by atoms with van der Waals surface area (Å²) in [6.45, 7) is 9.42. The summed E-state index contributed by atoms with van der Waals surface area (Å²) in [5.74, 6) is 2.02. The number of aryl methyl sites for hydroxylation is 3. The van der Waals surface area contributed by atoms with E-state index in [2.05, 4.69) is 56.4 Å². The average Bonchev–Trinajstić information content (AvgIpc) is 2.76. The van der Waals surface area contributed by atoms with Crippen LogP contribution in [0.4, 0.5) is 0 Å². The number of benzene rings is 1. The molecule has 0 aliphatic heterocycles. The van der Waals surface area contributed by atoms with Crippen molar-refractivity contribution in [3.63, 3.8) is 0 Å². The summed E-state index contributed by atoms with van der Waals surface area (Å²) in [7, 11) is 0. The molecule has 2 heteroatoms. The van der Waals surface area contributed by atoms with Crippen molar-refractivity contribution >= 4 is 0 Å². The molecule has 0 saturated carbocycles. The number of rotatable bonds is 6. The van der Waals surface area contributed by atoms with Gasteiger partial charge in [0, 0.05) is 11.6 Å². The Hall–Kier alpha value is -1.54. The van der Waals surface area contributed by atoms with Crippen LogP contribution in [0, 0.1) is 20.8 Å². The molecule has 0 bridgehead atoms. The summed E-state index contributed by atoms with van der Waals surface area (Å²) < 4.78 is 5.69. The molecule has 2 aromatic rings. The highest BCUT2D eigenvalue weighted by molar-refractivity contribution is 5.28. The zero-order valence-corrected chi connectivity index (χ0v) is 13.0. The summed E-state index contributed by atoms with van der Waals surface area (Å²) >= 11 is 0. The van der Waals surface area contributed by atoms with E-state index in [9.17, 15) is 0 Å². The highest BCUT2D eigenvalue weighted by Crippen LogP contribution is 2.25. The average molecular weight is 271 g/mol. The molecule has 0 radical (unpaired) electrons. The first-order valence-electron chi connectivity index (χ1n) is 7.46. The van der Waals surface area contributed by atoms with Crippen LogP contribution in [0.5, 0.6) is 0 Å². The molecule has 1 N–H and O–H groups in total. The van der Waals surface area contributed by atoms with Gasteiger partial charge in [-0.2, -0.15) is 0 Å². The fourth-order valence-corrected chi connectivity index (χ4v) is 2.57. The molecule has 2 rings (SSSR count). The second kappa shape index (κ2) is 6.76. The van der Waals surface area contributed by atoms with E-state index in [0.717, 1.165) is 30.9 Å². The van der Waals surface area contributed by atoms with Crippen molar-refractivity contribution in [1.82, 2.24) is 5.32 Å². The summed E-state index contributed by atoms with van der Waals surface area (Å²) in [6.07, 6.45) is 2.14. The van der Waals surface area contributed by atoms with Crippen molar-refractivity contribution in [3.8, 4) is 0 Å². The maximum Gasteiger partial charge on any atom is 0.105 e. The lowest BCUT2D eigenvalue weighted by molar-refractivity contribution is 0.480. The molecule has 108 valence electrons. The zero-order valence-electron chi connectivity index (χ0n) is 13.0. The van der Waals surface area contributed by atoms with E-state index in [0.29, 0.717) is 6.04 Å². The van der Waals surface area contributed by atoms with Gasteiger partial charge in [-0.25, -0.2) is 0 Å². The van der Waals surface area contributed by atoms with Crippen LogP contribution in [0.15, 0.2) is 34.7 Å². The lowest BCUT2D eigenvalue weighted by atomic mass is 9.98. The topological polar surface area (TPSA) is 25.2 Å². The molecular formula is C18H25NO. The molecule has 1 aromatic heterocycles. The Kier molecular flexibility index (Phi) is 5.02. The van der Waals surface area contributed by atoms with Gasteiger partial charge in [0.05, 0.1) is 0 Å². The van der Waals surface area contributed by atoms with Crippen molar-refractivity contribution < 1.29 is 4.42 Å². The fraction of sp³-hybridized carbons (Fsp3) is 0.444. The summed E-state index contributed by atoms with van der Waals surface area (Å²) in [5, 5.41) is 3.64. The SMILES string of the molecule is CCCNC(Cc1ccc(C)cc1)c1cc(C)oc1C. The maximum atomic E-state index is 5.69. The first-order chi connectivity index (χ1) is 9.60. The van der Waals surface area contributed by atoms with Gasteiger partial charge in [-0.1, -0.05) is 36.8 Å². The Morgan fingerprint density at radius 3 is 2.35 bits per heavy atom. The first-order valence-corrected chi connectivity index (χ1v) is 7.46. The fourth-order valence-electron chi connectivity index (χ4n) is 2.57. The quantitative estimate of drug-likeness (QED) is 0.837.